The van der Waals surface area contributed by atoms with Crippen molar-refractivity contribution in [3.63, 3.8) is 0 Å². The van der Waals surface area contributed by atoms with Crippen LogP contribution in [0.3, 0.4) is 0 Å². The van der Waals surface area contributed by atoms with Gasteiger partial charge in [-0.15, -0.1) is 0 Å². The number of carbonyl (C=O) groups is 2. The van der Waals surface area contributed by atoms with Crippen molar-refractivity contribution in [2.45, 2.75) is 11.8 Å². The van der Waals surface area contributed by atoms with Gasteiger partial charge in [-0.3, -0.25) is 9.59 Å². The molecule has 1 aliphatic heterocycles. The summed E-state index contributed by atoms with van der Waals surface area (Å²) in [4.78, 5) is 27.1. The maximum absolute atomic E-state index is 12.5. The summed E-state index contributed by atoms with van der Waals surface area (Å²) in [6.45, 7) is 1.30. The Morgan fingerprint density at radius 1 is 1.21 bits per heavy atom. The quantitative estimate of drug-likeness (QED) is 0.583. The van der Waals surface area contributed by atoms with Gasteiger partial charge in [-0.1, -0.05) is 29.8 Å². The number of halogens is 1. The van der Waals surface area contributed by atoms with Gasteiger partial charge in [0.1, 0.15) is 10.6 Å². The summed E-state index contributed by atoms with van der Waals surface area (Å²) >= 11 is 6.97. The lowest BCUT2D eigenvalue weighted by Crippen LogP contribution is -2.23. The fourth-order valence-corrected chi connectivity index (χ4v) is 4.22. The first-order valence-corrected chi connectivity index (χ1v) is 10.4. The summed E-state index contributed by atoms with van der Waals surface area (Å²) in [5.74, 6) is -0.922. The molecule has 144 valence electrons. The van der Waals surface area contributed by atoms with Crippen LogP contribution in [0.15, 0.2) is 63.3 Å². The zero-order valence-corrected chi connectivity index (χ0v) is 16.8. The number of rotatable bonds is 4. The molecule has 1 N–H and O–H groups in total. The Hall–Kier alpha value is -2.62. The van der Waals surface area contributed by atoms with Gasteiger partial charge in [-0.2, -0.15) is 13.4 Å². The highest BCUT2D eigenvalue weighted by molar-refractivity contribution is 8.18. The molecule has 0 spiro atoms. The average molecular weight is 437 g/mol. The van der Waals surface area contributed by atoms with Gasteiger partial charge in [0, 0.05) is 17.5 Å². The molecule has 3 rings (SSSR count). The molecule has 1 heterocycles. The van der Waals surface area contributed by atoms with Crippen molar-refractivity contribution in [1.29, 1.82) is 0 Å². The van der Waals surface area contributed by atoms with E-state index >= 15 is 0 Å². The number of hydrogen-bond donors (Lipinski definition) is 1. The second-order valence-electron chi connectivity index (χ2n) is 5.55. The molecule has 28 heavy (non-hydrogen) atoms. The van der Waals surface area contributed by atoms with Gasteiger partial charge < -0.3 is 9.50 Å². The molecule has 10 heteroatoms. The van der Waals surface area contributed by atoms with E-state index in [2.05, 4.69) is 10.3 Å². The zero-order chi connectivity index (χ0) is 20.3. The summed E-state index contributed by atoms with van der Waals surface area (Å²) < 4.78 is 30.2. The van der Waals surface area contributed by atoms with Crippen molar-refractivity contribution in [3.8, 4) is 5.75 Å². The predicted octanol–water partition coefficient (Wildman–Crippen LogP) is 3.21. The van der Waals surface area contributed by atoms with Gasteiger partial charge in [-0.25, -0.2) is 0 Å². The van der Waals surface area contributed by atoms with Crippen LogP contribution in [0, 0.1) is 0 Å². The summed E-state index contributed by atoms with van der Waals surface area (Å²) in [7, 11) is -4.07. The van der Waals surface area contributed by atoms with Crippen molar-refractivity contribution >= 4 is 56.5 Å². The smallest absolute Gasteiger partial charge is 0.339 e. The fourth-order valence-electron chi connectivity index (χ4n) is 2.22. The normalized spacial score (nSPS) is 15.4. The Morgan fingerprint density at radius 2 is 1.93 bits per heavy atom. The highest BCUT2D eigenvalue weighted by Crippen LogP contribution is 2.33. The molecule has 1 aliphatic rings. The Labute approximate surface area is 170 Å². The van der Waals surface area contributed by atoms with Gasteiger partial charge in [-0.05, 0) is 48.2 Å². The molecule has 0 bridgehead atoms. The molecule has 0 atom stereocenters. The summed E-state index contributed by atoms with van der Waals surface area (Å²) in [5, 5.41) is 2.90. The van der Waals surface area contributed by atoms with Crippen molar-refractivity contribution in [2.75, 3.05) is 0 Å². The molecule has 7 nitrogen and oxygen atoms in total. The number of aliphatic imine (C=N–C) groups is 1. The van der Waals surface area contributed by atoms with E-state index in [4.69, 9.17) is 15.8 Å². The first kappa shape index (κ1) is 20.1. The minimum atomic E-state index is -4.07. The molecular weight excluding hydrogens is 424 g/mol. The molecule has 0 unspecified atom stereocenters. The second kappa shape index (κ2) is 8.17. The minimum Gasteiger partial charge on any atom is -0.378 e. The van der Waals surface area contributed by atoms with E-state index in [1.54, 1.807) is 18.2 Å². The maximum atomic E-state index is 12.5. The van der Waals surface area contributed by atoms with Crippen molar-refractivity contribution < 1.29 is 22.2 Å². The number of nitrogens with one attached hydrogen (secondary N) is 1. The number of benzene rings is 2. The third-order valence-electron chi connectivity index (χ3n) is 3.39. The van der Waals surface area contributed by atoms with Crippen LogP contribution in [0.5, 0.6) is 5.75 Å². The standard InChI is InChI=1S/C18H13ClN2O5S2/c1-11(22)20-18-21-17(23)16(27-18)10-12-9-13(19)7-8-15(12)26-28(24,25)14-5-3-2-4-6-14/h2-10H,1H3,(H,20,21,22,23)/b16-10+. The minimum absolute atomic E-state index is 0.00197. The largest absolute Gasteiger partial charge is 0.378 e. The van der Waals surface area contributed by atoms with E-state index in [0.717, 1.165) is 11.8 Å². The van der Waals surface area contributed by atoms with Gasteiger partial charge in [0.25, 0.3) is 5.91 Å². The summed E-state index contributed by atoms with van der Waals surface area (Å²) in [6, 6.07) is 12.0. The second-order valence-corrected chi connectivity index (χ2v) is 8.56. The molecule has 0 aromatic heterocycles. The van der Waals surface area contributed by atoms with E-state index in [-0.39, 0.29) is 32.2 Å². The van der Waals surface area contributed by atoms with Crippen LogP contribution in [0.2, 0.25) is 5.02 Å². The van der Waals surface area contributed by atoms with Gasteiger partial charge >= 0.3 is 10.1 Å². The average Bonchev–Trinajstić information content (AvgIpc) is 2.96. The Balaban J connectivity index is 1.92. The highest BCUT2D eigenvalue weighted by Gasteiger charge is 2.24. The van der Waals surface area contributed by atoms with E-state index in [1.807, 2.05) is 0 Å². The lowest BCUT2D eigenvalue weighted by Gasteiger charge is -2.10. The molecule has 0 fully saturated rings. The van der Waals surface area contributed by atoms with E-state index in [1.165, 1.54) is 43.3 Å². The van der Waals surface area contributed by atoms with Crippen LogP contribution in [0.25, 0.3) is 6.08 Å². The highest BCUT2D eigenvalue weighted by atomic mass is 35.5. The SMILES string of the molecule is CC(=O)NC1=NC(=O)/C(=C\c2cc(Cl)ccc2OS(=O)(=O)c2ccccc2)S1. The Morgan fingerprint density at radius 3 is 2.61 bits per heavy atom. The molecule has 0 saturated carbocycles. The topological polar surface area (TPSA) is 102 Å². The van der Waals surface area contributed by atoms with Crippen LogP contribution in [-0.2, 0) is 19.7 Å². The Kier molecular flexibility index (Phi) is 5.87. The van der Waals surface area contributed by atoms with Crippen LogP contribution < -0.4 is 9.50 Å². The maximum Gasteiger partial charge on any atom is 0.339 e. The number of amidine groups is 1. The lowest BCUT2D eigenvalue weighted by molar-refractivity contribution is -0.117. The number of hydrogen-bond acceptors (Lipinski definition) is 6. The third-order valence-corrected chi connectivity index (χ3v) is 5.78. The monoisotopic (exact) mass is 436 g/mol. The number of thioether (sulfide) groups is 1. The Bertz CT molecular complexity index is 1110. The van der Waals surface area contributed by atoms with Gasteiger partial charge in [0.05, 0.1) is 4.91 Å². The van der Waals surface area contributed by atoms with E-state index in [0.29, 0.717) is 5.02 Å². The summed E-state index contributed by atoms with van der Waals surface area (Å²) in [6.07, 6.45) is 1.41. The van der Waals surface area contributed by atoms with Crippen molar-refractivity contribution in [1.82, 2.24) is 5.32 Å². The van der Waals surface area contributed by atoms with E-state index < -0.39 is 16.0 Å². The molecule has 0 saturated heterocycles. The molecule has 0 aliphatic carbocycles. The summed E-state index contributed by atoms with van der Waals surface area (Å²) in [5.41, 5.74) is 0.280. The molecule has 0 radical (unpaired) electrons. The number of amides is 2. The first-order chi connectivity index (χ1) is 13.2. The molecule has 2 amide bonds. The van der Waals surface area contributed by atoms with Crippen molar-refractivity contribution in [3.05, 3.63) is 64.0 Å². The number of carbonyl (C=O) groups excluding carboxylic acids is 2. The van der Waals surface area contributed by atoms with Gasteiger partial charge in [0.2, 0.25) is 5.91 Å². The molecule has 2 aromatic rings. The van der Waals surface area contributed by atoms with Crippen LogP contribution >= 0.6 is 23.4 Å². The molecule has 2 aromatic carbocycles. The predicted molar refractivity (Wildman–Crippen MR) is 108 cm³/mol. The van der Waals surface area contributed by atoms with Crippen LogP contribution in [0.4, 0.5) is 0 Å². The van der Waals surface area contributed by atoms with E-state index in [9.17, 15) is 18.0 Å². The fraction of sp³-hybridized carbons (Fsp3) is 0.0556. The lowest BCUT2D eigenvalue weighted by atomic mass is 10.2. The third kappa shape index (κ3) is 4.80. The first-order valence-electron chi connectivity index (χ1n) is 7.84. The van der Waals surface area contributed by atoms with Crippen molar-refractivity contribution in [2.24, 2.45) is 4.99 Å². The van der Waals surface area contributed by atoms with Crippen LogP contribution in [0.1, 0.15) is 12.5 Å². The zero-order valence-electron chi connectivity index (χ0n) is 14.4. The molecular formula is C18H13ClN2O5S2. The number of nitrogens with zero attached hydrogens (tertiary/aromatic N) is 1. The van der Waals surface area contributed by atoms with Crippen LogP contribution in [-0.4, -0.2) is 25.4 Å². The van der Waals surface area contributed by atoms with Gasteiger partial charge in [0.15, 0.2) is 5.17 Å².